The van der Waals surface area contributed by atoms with Crippen LogP contribution in [-0.4, -0.2) is 18.3 Å². The first kappa shape index (κ1) is 23.1. The maximum Gasteiger partial charge on any atom is 0.250 e. The van der Waals surface area contributed by atoms with Crippen LogP contribution in [0.3, 0.4) is 0 Å². The molecule has 0 aliphatic rings. The third-order valence-corrected chi connectivity index (χ3v) is 6.55. The number of benzene rings is 3. The van der Waals surface area contributed by atoms with E-state index in [1.807, 2.05) is 65.8 Å². The first-order chi connectivity index (χ1) is 14.8. The first-order valence-corrected chi connectivity index (χ1v) is 12.1. The van der Waals surface area contributed by atoms with Crippen molar-refractivity contribution in [3.63, 3.8) is 0 Å². The molecule has 0 saturated heterocycles. The van der Waals surface area contributed by atoms with E-state index in [1.165, 1.54) is 9.79 Å². The van der Waals surface area contributed by atoms with Gasteiger partial charge >= 0.3 is 0 Å². The lowest BCUT2D eigenvalue weighted by Crippen LogP contribution is -2.16. The Morgan fingerprint density at radius 3 is 1.29 bits per heavy atom. The highest BCUT2D eigenvalue weighted by molar-refractivity contribution is 7.97. The Labute approximate surface area is 189 Å². The quantitative estimate of drug-likeness (QED) is 0.333. The standard InChI is InChI=1S/C27H33O3S/c1-19(2)28-22-17-25(29-20(3)4)27(26(18-22)30-21(5)6)31(23-13-9-7-10-14-23)24-15-11-8-12-16-24/h7-21H,1-6H3/q+1. The topological polar surface area (TPSA) is 27.7 Å². The minimum Gasteiger partial charge on any atom is -0.491 e. The van der Waals surface area contributed by atoms with Crippen molar-refractivity contribution >= 4 is 10.9 Å². The van der Waals surface area contributed by atoms with Crippen LogP contribution in [0, 0.1) is 0 Å². The SMILES string of the molecule is CC(C)Oc1cc(OC(C)C)c([S+](c2ccccc2)c2ccccc2)c(OC(C)C)c1. The summed E-state index contributed by atoms with van der Waals surface area (Å²) in [4.78, 5) is 3.48. The summed E-state index contributed by atoms with van der Waals surface area (Å²) in [6, 6.07) is 25.1. The van der Waals surface area contributed by atoms with Crippen LogP contribution < -0.4 is 14.2 Å². The van der Waals surface area contributed by atoms with E-state index in [0.29, 0.717) is 0 Å². The molecule has 0 aliphatic carbocycles. The zero-order chi connectivity index (χ0) is 22.4. The van der Waals surface area contributed by atoms with Gasteiger partial charge in [0, 0.05) is 12.1 Å². The van der Waals surface area contributed by atoms with Gasteiger partial charge in [0.25, 0.3) is 0 Å². The van der Waals surface area contributed by atoms with Gasteiger partial charge in [-0.05, 0) is 65.8 Å². The molecule has 0 radical (unpaired) electrons. The second-order valence-corrected chi connectivity index (χ2v) is 10.1. The van der Waals surface area contributed by atoms with Crippen LogP contribution in [0.1, 0.15) is 41.5 Å². The largest absolute Gasteiger partial charge is 0.491 e. The smallest absolute Gasteiger partial charge is 0.250 e. The van der Waals surface area contributed by atoms with Crippen molar-refractivity contribution in [3.05, 3.63) is 72.8 Å². The molecule has 3 aromatic carbocycles. The Morgan fingerprint density at radius 1 is 0.548 bits per heavy atom. The van der Waals surface area contributed by atoms with E-state index < -0.39 is 10.9 Å². The lowest BCUT2D eigenvalue weighted by atomic mass is 10.2. The van der Waals surface area contributed by atoms with Crippen LogP contribution in [0.4, 0.5) is 0 Å². The molecule has 3 aromatic rings. The molecule has 4 heteroatoms. The van der Waals surface area contributed by atoms with Gasteiger partial charge in [-0.25, -0.2) is 0 Å². The van der Waals surface area contributed by atoms with Gasteiger partial charge < -0.3 is 14.2 Å². The lowest BCUT2D eigenvalue weighted by Gasteiger charge is -2.21. The molecule has 0 heterocycles. The average molecular weight is 438 g/mol. The number of rotatable bonds is 9. The van der Waals surface area contributed by atoms with Crippen LogP contribution in [0.15, 0.2) is 87.5 Å². The fourth-order valence-electron chi connectivity index (χ4n) is 3.26. The van der Waals surface area contributed by atoms with E-state index in [0.717, 1.165) is 22.1 Å². The van der Waals surface area contributed by atoms with E-state index in [2.05, 4.69) is 48.5 Å². The summed E-state index contributed by atoms with van der Waals surface area (Å²) in [5, 5.41) is 0. The zero-order valence-corrected chi connectivity index (χ0v) is 20.1. The molecule has 0 aromatic heterocycles. The van der Waals surface area contributed by atoms with Crippen molar-refractivity contribution in [3.8, 4) is 17.2 Å². The summed E-state index contributed by atoms with van der Waals surface area (Å²) in [5.41, 5.74) is 0. The fourth-order valence-corrected chi connectivity index (χ4v) is 5.48. The van der Waals surface area contributed by atoms with Crippen LogP contribution in [-0.2, 0) is 10.9 Å². The number of ether oxygens (including phenoxy) is 3. The van der Waals surface area contributed by atoms with Gasteiger partial charge in [0.2, 0.25) is 4.90 Å². The highest BCUT2D eigenvalue weighted by Crippen LogP contribution is 2.45. The van der Waals surface area contributed by atoms with E-state index in [-0.39, 0.29) is 18.3 Å². The van der Waals surface area contributed by atoms with Crippen molar-refractivity contribution in [2.45, 2.75) is 74.5 Å². The van der Waals surface area contributed by atoms with E-state index in [9.17, 15) is 0 Å². The maximum absolute atomic E-state index is 6.36. The molecule has 0 bridgehead atoms. The third kappa shape index (κ3) is 6.20. The van der Waals surface area contributed by atoms with Gasteiger partial charge in [0.15, 0.2) is 21.3 Å². The Bertz CT molecular complexity index is 882. The summed E-state index contributed by atoms with van der Waals surface area (Å²) in [6.45, 7) is 12.2. The summed E-state index contributed by atoms with van der Waals surface area (Å²) in [7, 11) is -0.397. The Morgan fingerprint density at radius 2 is 0.935 bits per heavy atom. The average Bonchev–Trinajstić information content (AvgIpc) is 2.70. The maximum atomic E-state index is 6.36. The molecule has 0 saturated carbocycles. The normalized spacial score (nSPS) is 11.4. The summed E-state index contributed by atoms with van der Waals surface area (Å²) < 4.78 is 18.8. The number of hydrogen-bond donors (Lipinski definition) is 0. The lowest BCUT2D eigenvalue weighted by molar-refractivity contribution is 0.207. The van der Waals surface area contributed by atoms with E-state index in [4.69, 9.17) is 14.2 Å². The van der Waals surface area contributed by atoms with Gasteiger partial charge in [-0.1, -0.05) is 36.4 Å². The van der Waals surface area contributed by atoms with Crippen molar-refractivity contribution in [1.29, 1.82) is 0 Å². The van der Waals surface area contributed by atoms with Gasteiger partial charge in [0.05, 0.1) is 18.3 Å². The molecular formula is C27H33O3S+. The Balaban J connectivity index is 2.29. The highest BCUT2D eigenvalue weighted by Gasteiger charge is 2.37. The van der Waals surface area contributed by atoms with Gasteiger partial charge in [-0.15, -0.1) is 0 Å². The van der Waals surface area contributed by atoms with Gasteiger partial charge in [0.1, 0.15) is 16.6 Å². The molecule has 0 amide bonds. The second-order valence-electron chi connectivity index (χ2n) is 8.18. The molecule has 31 heavy (non-hydrogen) atoms. The molecule has 0 N–H and O–H groups in total. The van der Waals surface area contributed by atoms with Crippen LogP contribution in [0.25, 0.3) is 0 Å². The molecule has 0 fully saturated rings. The van der Waals surface area contributed by atoms with Crippen molar-refractivity contribution in [2.75, 3.05) is 0 Å². The fraction of sp³-hybridized carbons (Fsp3) is 0.333. The van der Waals surface area contributed by atoms with Crippen LogP contribution in [0.2, 0.25) is 0 Å². The predicted octanol–water partition coefficient (Wildman–Crippen LogP) is 7.14. The van der Waals surface area contributed by atoms with E-state index >= 15 is 0 Å². The van der Waals surface area contributed by atoms with Gasteiger partial charge in [-0.2, -0.15) is 0 Å². The minimum atomic E-state index is -0.397. The van der Waals surface area contributed by atoms with Crippen molar-refractivity contribution in [1.82, 2.24) is 0 Å². The molecule has 3 rings (SSSR count). The summed E-state index contributed by atoms with van der Waals surface area (Å²) >= 11 is 0. The summed E-state index contributed by atoms with van der Waals surface area (Å²) in [5.74, 6) is 2.37. The Kier molecular flexibility index (Phi) is 7.91. The first-order valence-electron chi connectivity index (χ1n) is 10.9. The molecule has 3 nitrogen and oxygen atoms in total. The van der Waals surface area contributed by atoms with Crippen molar-refractivity contribution < 1.29 is 14.2 Å². The third-order valence-electron chi connectivity index (χ3n) is 4.25. The van der Waals surface area contributed by atoms with Crippen molar-refractivity contribution in [2.24, 2.45) is 0 Å². The monoisotopic (exact) mass is 437 g/mol. The molecule has 0 unspecified atom stereocenters. The minimum absolute atomic E-state index is 0.0250. The molecule has 164 valence electrons. The second kappa shape index (κ2) is 10.6. The van der Waals surface area contributed by atoms with Gasteiger partial charge in [-0.3, -0.25) is 0 Å². The zero-order valence-electron chi connectivity index (χ0n) is 19.3. The number of hydrogen-bond acceptors (Lipinski definition) is 3. The van der Waals surface area contributed by atoms with E-state index in [1.54, 1.807) is 0 Å². The highest BCUT2D eigenvalue weighted by atomic mass is 32.2. The Hall–Kier alpha value is -2.59. The molecule has 0 spiro atoms. The molecule has 0 aliphatic heterocycles. The van der Waals surface area contributed by atoms with Crippen LogP contribution >= 0.6 is 0 Å². The molecular weight excluding hydrogens is 404 g/mol. The van der Waals surface area contributed by atoms with Crippen LogP contribution in [0.5, 0.6) is 17.2 Å². The predicted molar refractivity (Wildman–Crippen MR) is 129 cm³/mol. The summed E-state index contributed by atoms with van der Waals surface area (Å²) in [6.07, 6.45) is 0.111. The molecule has 0 atom stereocenters.